The number of likely N-dealkylation sites (N-methyl/N-ethyl adjacent to an activating group) is 1. The summed E-state index contributed by atoms with van der Waals surface area (Å²) in [5, 5.41) is 0. The van der Waals surface area contributed by atoms with Gasteiger partial charge in [-0.3, -0.25) is 14.2 Å². The summed E-state index contributed by atoms with van der Waals surface area (Å²) in [6.07, 6.45) is 58.6. The summed E-state index contributed by atoms with van der Waals surface area (Å²) in [6, 6.07) is 0. The first-order valence-electron chi connectivity index (χ1n) is 27.3. The molecule has 10 heteroatoms. The fraction of sp³-hybridized carbons (Fsp3) is 0.821. The lowest BCUT2D eigenvalue weighted by molar-refractivity contribution is -0.870. The third kappa shape index (κ3) is 51.4. The Morgan fingerprint density at radius 2 is 0.818 bits per heavy atom. The van der Waals surface area contributed by atoms with Crippen molar-refractivity contribution in [2.45, 2.75) is 251 Å². The van der Waals surface area contributed by atoms with Crippen LogP contribution in [0, 0.1) is 0 Å². The summed E-state index contributed by atoms with van der Waals surface area (Å²) in [5.41, 5.74) is 0. The normalized spacial score (nSPS) is 13.7. The van der Waals surface area contributed by atoms with Gasteiger partial charge in [-0.05, 0) is 57.8 Å². The molecule has 0 saturated carbocycles. The van der Waals surface area contributed by atoms with Crippen LogP contribution in [-0.2, 0) is 32.7 Å². The molecule has 0 spiro atoms. The molecule has 0 heterocycles. The van der Waals surface area contributed by atoms with E-state index in [0.29, 0.717) is 23.9 Å². The zero-order chi connectivity index (χ0) is 48.5. The zero-order valence-electron chi connectivity index (χ0n) is 43.6. The molecule has 0 N–H and O–H groups in total. The summed E-state index contributed by atoms with van der Waals surface area (Å²) in [4.78, 5) is 37.8. The van der Waals surface area contributed by atoms with E-state index in [0.717, 1.165) is 57.8 Å². The van der Waals surface area contributed by atoms with E-state index in [1.165, 1.54) is 148 Å². The summed E-state index contributed by atoms with van der Waals surface area (Å²) >= 11 is 0. The van der Waals surface area contributed by atoms with Crippen LogP contribution in [-0.4, -0.2) is 70.0 Å². The van der Waals surface area contributed by atoms with Gasteiger partial charge in [0.2, 0.25) is 0 Å². The number of ether oxygens (including phenoxy) is 2. The van der Waals surface area contributed by atoms with Gasteiger partial charge in [0.25, 0.3) is 7.82 Å². The van der Waals surface area contributed by atoms with Gasteiger partial charge >= 0.3 is 11.9 Å². The minimum atomic E-state index is -4.64. The maximum absolute atomic E-state index is 12.8. The monoisotopic (exact) mass is 950 g/mol. The Hall–Kier alpha value is -2.03. The predicted molar refractivity (Wildman–Crippen MR) is 277 cm³/mol. The molecule has 0 rings (SSSR count). The number of rotatable bonds is 50. The molecular weight excluding hydrogens is 846 g/mol. The number of quaternary nitrogens is 1. The summed E-state index contributed by atoms with van der Waals surface area (Å²) in [6.45, 7) is 4.20. The average molecular weight is 950 g/mol. The molecule has 0 aromatic heterocycles. The highest BCUT2D eigenvalue weighted by Gasteiger charge is 2.21. The molecule has 0 aromatic rings. The lowest BCUT2D eigenvalue weighted by atomic mass is 10.0. The van der Waals surface area contributed by atoms with Gasteiger partial charge in [0.15, 0.2) is 6.10 Å². The second-order valence-electron chi connectivity index (χ2n) is 19.6. The van der Waals surface area contributed by atoms with E-state index >= 15 is 0 Å². The molecule has 0 aliphatic carbocycles. The Morgan fingerprint density at radius 3 is 1.24 bits per heavy atom. The van der Waals surface area contributed by atoms with Crippen molar-refractivity contribution in [3.63, 3.8) is 0 Å². The SMILES string of the molecule is CCCCC/C=C/C/C=C/C/C=C/C/C=C/CCCCCC(=O)OC[C@H](COP(=O)([O-])OCC[N+](C)(C)C)OC(=O)CCCCCCCCCCCCCCCCCCCCCCCCC. The van der Waals surface area contributed by atoms with Crippen molar-refractivity contribution in [1.29, 1.82) is 0 Å². The standard InChI is InChI=1S/C56H104NO8P/c1-6-8-10-12-14-16-18-20-22-24-26-27-28-29-31-33-35-37-39-41-43-45-47-49-56(59)65-54(53-64-66(60,61)63-51-50-57(3,4)5)52-62-55(58)48-46-44-42-40-38-36-34-32-30-25-23-21-19-17-15-13-11-9-7-2/h15,17,21,23,30,32,36,38,54H,6-14,16,18-20,22,24-29,31,33-35,37,39-53H2,1-5H3/b17-15+,23-21+,32-30+,38-36+/t54-/m1/s1. The van der Waals surface area contributed by atoms with Crippen LogP contribution in [0.1, 0.15) is 245 Å². The van der Waals surface area contributed by atoms with Crippen LogP contribution in [0.25, 0.3) is 0 Å². The van der Waals surface area contributed by atoms with Crippen LogP contribution in [0.5, 0.6) is 0 Å². The Bertz CT molecular complexity index is 1260. The van der Waals surface area contributed by atoms with Gasteiger partial charge in [0.1, 0.15) is 19.8 Å². The molecule has 0 amide bonds. The molecule has 0 aliphatic heterocycles. The first kappa shape index (κ1) is 64.0. The van der Waals surface area contributed by atoms with Crippen molar-refractivity contribution >= 4 is 19.8 Å². The van der Waals surface area contributed by atoms with Crippen molar-refractivity contribution in [2.24, 2.45) is 0 Å². The van der Waals surface area contributed by atoms with Gasteiger partial charge in [0.05, 0.1) is 27.7 Å². The molecule has 0 fully saturated rings. The van der Waals surface area contributed by atoms with E-state index in [1.807, 2.05) is 21.1 Å². The van der Waals surface area contributed by atoms with Crippen LogP contribution in [0.2, 0.25) is 0 Å². The van der Waals surface area contributed by atoms with E-state index in [1.54, 1.807) is 0 Å². The molecule has 0 radical (unpaired) electrons. The fourth-order valence-electron chi connectivity index (χ4n) is 7.58. The molecular formula is C56H104NO8P. The number of unbranched alkanes of at least 4 members (excludes halogenated alkanes) is 28. The second kappa shape index (κ2) is 48.0. The molecule has 0 aliphatic rings. The number of nitrogens with zero attached hydrogens (tertiary/aromatic N) is 1. The molecule has 66 heavy (non-hydrogen) atoms. The number of allylic oxidation sites excluding steroid dienone is 8. The Morgan fingerprint density at radius 1 is 0.470 bits per heavy atom. The fourth-order valence-corrected chi connectivity index (χ4v) is 8.31. The molecule has 9 nitrogen and oxygen atoms in total. The Balaban J connectivity index is 4.24. The first-order valence-corrected chi connectivity index (χ1v) is 28.8. The number of carbonyl (C=O) groups is 2. The third-order valence-corrected chi connectivity index (χ3v) is 12.8. The summed E-state index contributed by atoms with van der Waals surface area (Å²) in [7, 11) is 1.15. The van der Waals surface area contributed by atoms with E-state index < -0.39 is 32.5 Å². The number of phosphoric ester groups is 1. The highest BCUT2D eigenvalue weighted by molar-refractivity contribution is 7.45. The van der Waals surface area contributed by atoms with Crippen molar-refractivity contribution in [3.8, 4) is 0 Å². The molecule has 386 valence electrons. The average Bonchev–Trinajstić information content (AvgIpc) is 3.27. The van der Waals surface area contributed by atoms with Gasteiger partial charge in [-0.2, -0.15) is 0 Å². The van der Waals surface area contributed by atoms with E-state index in [-0.39, 0.29) is 26.1 Å². The van der Waals surface area contributed by atoms with Crippen molar-refractivity contribution in [1.82, 2.24) is 0 Å². The smallest absolute Gasteiger partial charge is 0.306 e. The number of hydrogen-bond donors (Lipinski definition) is 0. The highest BCUT2D eigenvalue weighted by atomic mass is 31.2. The number of hydrogen-bond acceptors (Lipinski definition) is 8. The second-order valence-corrected chi connectivity index (χ2v) is 21.0. The minimum Gasteiger partial charge on any atom is -0.756 e. The molecule has 0 aromatic carbocycles. The quantitative estimate of drug-likeness (QED) is 0.0195. The summed E-state index contributed by atoms with van der Waals surface area (Å²) in [5.74, 6) is -0.861. The van der Waals surface area contributed by atoms with E-state index in [9.17, 15) is 19.0 Å². The van der Waals surface area contributed by atoms with Crippen LogP contribution < -0.4 is 4.89 Å². The largest absolute Gasteiger partial charge is 0.756 e. The molecule has 0 saturated heterocycles. The number of carbonyl (C=O) groups excluding carboxylic acids is 2. The first-order chi connectivity index (χ1) is 32.0. The lowest BCUT2D eigenvalue weighted by Crippen LogP contribution is -2.37. The number of phosphoric acid groups is 1. The van der Waals surface area contributed by atoms with Gasteiger partial charge in [0, 0.05) is 12.8 Å². The van der Waals surface area contributed by atoms with E-state index in [2.05, 4.69) is 62.5 Å². The minimum absolute atomic E-state index is 0.0360. The van der Waals surface area contributed by atoms with Crippen molar-refractivity contribution < 1.29 is 42.1 Å². The zero-order valence-corrected chi connectivity index (χ0v) is 44.5. The van der Waals surface area contributed by atoms with Crippen molar-refractivity contribution in [3.05, 3.63) is 48.6 Å². The van der Waals surface area contributed by atoms with Gasteiger partial charge in [-0.1, -0.05) is 223 Å². The molecule has 2 atom stereocenters. The van der Waals surface area contributed by atoms with Crippen molar-refractivity contribution in [2.75, 3.05) is 47.5 Å². The molecule has 0 bridgehead atoms. The van der Waals surface area contributed by atoms with Crippen LogP contribution in [0.4, 0.5) is 0 Å². The number of esters is 2. The van der Waals surface area contributed by atoms with Crippen LogP contribution in [0.3, 0.4) is 0 Å². The van der Waals surface area contributed by atoms with Gasteiger partial charge < -0.3 is 27.9 Å². The Labute approximate surface area is 407 Å². The highest BCUT2D eigenvalue weighted by Crippen LogP contribution is 2.38. The van der Waals surface area contributed by atoms with Crippen LogP contribution in [0.15, 0.2) is 48.6 Å². The van der Waals surface area contributed by atoms with E-state index in [4.69, 9.17) is 18.5 Å². The summed E-state index contributed by atoms with van der Waals surface area (Å²) < 4.78 is 34.1. The molecule has 1 unspecified atom stereocenters. The van der Waals surface area contributed by atoms with Crippen LogP contribution >= 0.6 is 7.82 Å². The van der Waals surface area contributed by atoms with Gasteiger partial charge in [-0.25, -0.2) is 0 Å². The third-order valence-electron chi connectivity index (χ3n) is 11.9. The topological polar surface area (TPSA) is 111 Å². The Kier molecular flexibility index (Phi) is 46.5. The maximum atomic E-state index is 12.8. The maximum Gasteiger partial charge on any atom is 0.306 e. The predicted octanol–water partition coefficient (Wildman–Crippen LogP) is 16.0. The van der Waals surface area contributed by atoms with Gasteiger partial charge in [-0.15, -0.1) is 0 Å². The lowest BCUT2D eigenvalue weighted by Gasteiger charge is -2.28.